The van der Waals surface area contributed by atoms with Crippen molar-refractivity contribution in [3.05, 3.63) is 65.3 Å². The van der Waals surface area contributed by atoms with Crippen LogP contribution in [0, 0.1) is 5.92 Å². The number of fused-ring (bicyclic) bond motifs is 1. The normalized spacial score (nSPS) is 20.7. The summed E-state index contributed by atoms with van der Waals surface area (Å²) in [6, 6.07) is 15.7. The molecule has 2 N–H and O–H groups in total. The van der Waals surface area contributed by atoms with Crippen LogP contribution in [-0.4, -0.2) is 58.4 Å². The molecule has 208 valence electrons. The lowest BCUT2D eigenvalue weighted by Crippen LogP contribution is -2.54. The lowest BCUT2D eigenvalue weighted by molar-refractivity contribution is -0.155. The second kappa shape index (κ2) is 11.9. The number of aromatic nitrogens is 1. The molecule has 0 spiro atoms. The molecule has 2 heterocycles. The lowest BCUT2D eigenvalue weighted by atomic mass is 9.72. The van der Waals surface area contributed by atoms with Gasteiger partial charge in [-0.3, -0.25) is 9.78 Å². The van der Waals surface area contributed by atoms with Crippen molar-refractivity contribution >= 4 is 28.4 Å². The number of hydrogen-bond acceptors (Lipinski definition) is 5. The van der Waals surface area contributed by atoms with Crippen molar-refractivity contribution in [3.8, 4) is 11.1 Å². The van der Waals surface area contributed by atoms with Gasteiger partial charge in [-0.25, -0.2) is 0 Å². The zero-order valence-corrected chi connectivity index (χ0v) is 23.5. The summed E-state index contributed by atoms with van der Waals surface area (Å²) in [6.45, 7) is 1.63. The highest BCUT2D eigenvalue weighted by molar-refractivity contribution is 6.33. The van der Waals surface area contributed by atoms with Crippen LogP contribution in [0.4, 0.5) is 0 Å². The van der Waals surface area contributed by atoms with E-state index in [1.165, 1.54) is 0 Å². The minimum absolute atomic E-state index is 0.184. The van der Waals surface area contributed by atoms with E-state index < -0.39 is 11.2 Å². The van der Waals surface area contributed by atoms with Crippen LogP contribution in [0.5, 0.6) is 0 Å². The first kappa shape index (κ1) is 28.0. The van der Waals surface area contributed by atoms with Crippen molar-refractivity contribution in [1.29, 1.82) is 0 Å². The summed E-state index contributed by atoms with van der Waals surface area (Å²) in [5.41, 5.74) is 0.810. The third kappa shape index (κ3) is 5.71. The molecule has 1 aliphatic heterocycles. The molecule has 1 aliphatic carbocycles. The smallest absolute Gasteiger partial charge is 0.254 e. The van der Waals surface area contributed by atoms with E-state index in [9.17, 15) is 15.0 Å². The largest absolute Gasteiger partial charge is 0.385 e. The van der Waals surface area contributed by atoms with Crippen LogP contribution >= 0.6 is 11.6 Å². The number of pyridine rings is 1. The molecule has 2 aromatic carbocycles. The summed E-state index contributed by atoms with van der Waals surface area (Å²) in [5.74, 6) is -0.384. The van der Waals surface area contributed by atoms with Gasteiger partial charge in [-0.05, 0) is 81.5 Å². The van der Waals surface area contributed by atoms with Gasteiger partial charge >= 0.3 is 0 Å². The third-order valence-electron chi connectivity index (χ3n) is 8.73. The van der Waals surface area contributed by atoms with E-state index in [0.717, 1.165) is 66.1 Å². The molecule has 7 heteroatoms. The Labute approximate surface area is 236 Å². The molecular weight excluding hydrogens is 512 g/mol. The Balaban J connectivity index is 1.54. The number of ether oxygens (including phenoxy) is 1. The number of nitrogens with zero attached hydrogens (tertiary/aromatic N) is 2. The van der Waals surface area contributed by atoms with Crippen molar-refractivity contribution in [3.63, 3.8) is 0 Å². The van der Waals surface area contributed by atoms with Gasteiger partial charge in [0.2, 0.25) is 0 Å². The number of methoxy groups -OCH3 is 1. The minimum Gasteiger partial charge on any atom is -0.385 e. The van der Waals surface area contributed by atoms with Crippen LogP contribution in [-0.2, 0) is 15.1 Å². The van der Waals surface area contributed by atoms with Gasteiger partial charge in [0.15, 0.2) is 0 Å². The Morgan fingerprint density at radius 2 is 1.95 bits per heavy atom. The van der Waals surface area contributed by atoms with Gasteiger partial charge in [-0.2, -0.15) is 0 Å². The van der Waals surface area contributed by atoms with Gasteiger partial charge in [-0.15, -0.1) is 0 Å². The highest BCUT2D eigenvalue weighted by Crippen LogP contribution is 2.46. The summed E-state index contributed by atoms with van der Waals surface area (Å²) in [5, 5.41) is 25.3. The number of piperidine rings is 1. The minimum atomic E-state index is -1.27. The van der Waals surface area contributed by atoms with Crippen LogP contribution in [0.1, 0.15) is 63.4 Å². The van der Waals surface area contributed by atoms with E-state index in [2.05, 4.69) is 11.1 Å². The fourth-order valence-corrected chi connectivity index (χ4v) is 6.89. The molecule has 39 heavy (non-hydrogen) atoms. The Morgan fingerprint density at radius 3 is 2.74 bits per heavy atom. The van der Waals surface area contributed by atoms with Gasteiger partial charge in [0.25, 0.3) is 5.91 Å². The number of likely N-dealkylation sites (tertiary alicyclic amines) is 1. The van der Waals surface area contributed by atoms with Crippen molar-refractivity contribution in [2.24, 2.45) is 5.92 Å². The predicted octanol–water partition coefficient (Wildman–Crippen LogP) is 6.10. The SMILES string of the molecule is COCCCC[C@@](O)(c1cccc(Cl)c1-c1cnc2ccccc2c1)C1CCCN(C(=O)C2(O)CCCC2)C1. The number of amides is 1. The van der Waals surface area contributed by atoms with Crippen molar-refractivity contribution in [2.45, 2.75) is 69.0 Å². The Bertz CT molecular complexity index is 1310. The van der Waals surface area contributed by atoms with Crippen LogP contribution < -0.4 is 0 Å². The molecule has 0 bridgehead atoms. The summed E-state index contributed by atoms with van der Waals surface area (Å²) in [7, 11) is 1.69. The molecule has 5 rings (SSSR count). The highest BCUT2D eigenvalue weighted by Gasteiger charge is 2.47. The molecular formula is C32H39ClN2O4. The molecule has 3 aromatic rings. The number of benzene rings is 2. The van der Waals surface area contributed by atoms with Gasteiger partial charge in [0, 0.05) is 60.5 Å². The van der Waals surface area contributed by atoms with Gasteiger partial charge in [-0.1, -0.05) is 41.9 Å². The predicted molar refractivity (Wildman–Crippen MR) is 155 cm³/mol. The van der Waals surface area contributed by atoms with Gasteiger partial charge < -0.3 is 19.8 Å². The van der Waals surface area contributed by atoms with Crippen LogP contribution in [0.2, 0.25) is 5.02 Å². The third-order valence-corrected chi connectivity index (χ3v) is 9.04. The van der Waals surface area contributed by atoms with Gasteiger partial charge in [0.05, 0.1) is 11.1 Å². The second-order valence-corrected chi connectivity index (χ2v) is 11.7. The molecule has 1 saturated heterocycles. The number of carbonyl (C=O) groups is 1. The molecule has 1 unspecified atom stereocenters. The molecule has 2 atom stereocenters. The number of para-hydroxylation sites is 1. The zero-order chi connectivity index (χ0) is 27.5. The second-order valence-electron chi connectivity index (χ2n) is 11.3. The van der Waals surface area contributed by atoms with Crippen LogP contribution in [0.25, 0.3) is 22.0 Å². The molecule has 6 nitrogen and oxygen atoms in total. The van der Waals surface area contributed by atoms with E-state index in [1.54, 1.807) is 12.0 Å². The van der Waals surface area contributed by atoms with Crippen molar-refractivity contribution in [2.75, 3.05) is 26.8 Å². The fraction of sp³-hybridized carbons (Fsp3) is 0.500. The maximum absolute atomic E-state index is 13.4. The Kier molecular flexibility index (Phi) is 8.57. The van der Waals surface area contributed by atoms with E-state index >= 15 is 0 Å². The maximum atomic E-state index is 13.4. The van der Waals surface area contributed by atoms with E-state index in [1.807, 2.05) is 48.7 Å². The molecule has 2 fully saturated rings. The first-order valence-corrected chi connectivity index (χ1v) is 14.6. The lowest BCUT2D eigenvalue weighted by Gasteiger charge is -2.45. The van der Waals surface area contributed by atoms with E-state index in [-0.39, 0.29) is 11.8 Å². The molecule has 1 aromatic heterocycles. The van der Waals surface area contributed by atoms with Crippen LogP contribution in [0.3, 0.4) is 0 Å². The number of unbranched alkanes of at least 4 members (excludes halogenated alkanes) is 1. The molecule has 1 amide bonds. The molecule has 1 saturated carbocycles. The number of carbonyl (C=O) groups excluding carboxylic acids is 1. The first-order chi connectivity index (χ1) is 18.9. The van der Waals surface area contributed by atoms with Crippen molar-refractivity contribution in [1.82, 2.24) is 9.88 Å². The van der Waals surface area contributed by atoms with E-state index in [4.69, 9.17) is 16.3 Å². The summed E-state index contributed by atoms with van der Waals surface area (Å²) < 4.78 is 5.29. The molecule has 2 aliphatic rings. The number of hydrogen-bond donors (Lipinski definition) is 2. The number of aliphatic hydroxyl groups is 2. The van der Waals surface area contributed by atoms with Crippen LogP contribution in [0.15, 0.2) is 54.7 Å². The monoisotopic (exact) mass is 550 g/mol. The fourth-order valence-electron chi connectivity index (χ4n) is 6.61. The summed E-state index contributed by atoms with van der Waals surface area (Å²) >= 11 is 6.87. The van der Waals surface area contributed by atoms with Gasteiger partial charge in [0.1, 0.15) is 5.60 Å². The first-order valence-electron chi connectivity index (χ1n) is 14.2. The standard InChI is InChI=1S/C32H39ClN2O4/c1-39-19-7-6-17-32(38,25-11-9-18-35(22-25)30(36)31(37)15-4-5-16-31)26-12-8-13-27(33)29(26)24-20-23-10-2-3-14-28(23)34-21-24/h2-3,8,10,12-14,20-21,25,37-38H,4-7,9,11,15-19,22H2,1H3/t25?,32-/m0/s1. The van der Waals surface area contributed by atoms with Crippen molar-refractivity contribution < 1.29 is 19.7 Å². The zero-order valence-electron chi connectivity index (χ0n) is 22.7. The quantitative estimate of drug-likeness (QED) is 0.314. The topological polar surface area (TPSA) is 82.9 Å². The molecule has 0 radical (unpaired) electrons. The maximum Gasteiger partial charge on any atom is 0.254 e. The Hall–Kier alpha value is -2.51. The Morgan fingerprint density at radius 1 is 1.15 bits per heavy atom. The highest BCUT2D eigenvalue weighted by atomic mass is 35.5. The summed E-state index contributed by atoms with van der Waals surface area (Å²) in [6.07, 6.45) is 8.26. The summed E-state index contributed by atoms with van der Waals surface area (Å²) in [4.78, 5) is 19.9. The number of rotatable bonds is 9. The number of halogens is 1. The average Bonchev–Trinajstić information content (AvgIpc) is 3.42. The van der Waals surface area contributed by atoms with E-state index in [0.29, 0.717) is 44.0 Å². The average molecular weight is 551 g/mol.